The zero-order chi connectivity index (χ0) is 15.2. The molecule has 2 aromatic rings. The molecule has 0 bridgehead atoms. The molecule has 1 amide bonds. The molecule has 21 heavy (non-hydrogen) atoms. The summed E-state index contributed by atoms with van der Waals surface area (Å²) in [5, 5.41) is 9.69. The number of benzene rings is 1. The van der Waals surface area contributed by atoms with E-state index in [4.69, 9.17) is 17.0 Å². The van der Waals surface area contributed by atoms with Gasteiger partial charge in [-0.2, -0.15) is 5.10 Å². The van der Waals surface area contributed by atoms with Crippen LogP contribution in [0.4, 0.5) is 0 Å². The normalized spacial score (nSPS) is 10.4. The zero-order valence-electron chi connectivity index (χ0n) is 12.0. The molecule has 0 atom stereocenters. The van der Waals surface area contributed by atoms with E-state index in [0.29, 0.717) is 24.2 Å². The number of nitrogens with one attached hydrogen (secondary N) is 2. The Labute approximate surface area is 128 Å². The molecule has 1 aromatic carbocycles. The molecule has 0 unspecified atom stereocenters. The lowest BCUT2D eigenvalue weighted by molar-refractivity contribution is -0.120. The van der Waals surface area contributed by atoms with E-state index < -0.39 is 0 Å². The van der Waals surface area contributed by atoms with Gasteiger partial charge in [0.15, 0.2) is 4.77 Å². The first-order chi connectivity index (χ1) is 10.1. The topological polar surface area (TPSA) is 71.9 Å². The van der Waals surface area contributed by atoms with Crippen molar-refractivity contribution >= 4 is 18.1 Å². The summed E-state index contributed by atoms with van der Waals surface area (Å²) >= 11 is 5.03. The number of hydrogen-bond acceptors (Lipinski definition) is 4. The highest BCUT2D eigenvalue weighted by atomic mass is 32.1. The van der Waals surface area contributed by atoms with Gasteiger partial charge in [0.05, 0.1) is 13.5 Å². The number of amides is 1. The fourth-order valence-electron chi connectivity index (χ4n) is 1.91. The Hall–Kier alpha value is -2.15. The second-order valence-electron chi connectivity index (χ2n) is 4.63. The Balaban J connectivity index is 1.79. The Morgan fingerprint density at radius 3 is 2.71 bits per heavy atom. The van der Waals surface area contributed by atoms with E-state index in [-0.39, 0.29) is 5.91 Å². The number of aromatic amines is 1. The second kappa shape index (κ2) is 7.03. The maximum atomic E-state index is 11.8. The van der Waals surface area contributed by atoms with Gasteiger partial charge in [-0.1, -0.05) is 12.1 Å². The van der Waals surface area contributed by atoms with E-state index in [0.717, 1.165) is 17.1 Å². The van der Waals surface area contributed by atoms with Crippen LogP contribution in [0.3, 0.4) is 0 Å². The van der Waals surface area contributed by atoms with E-state index in [2.05, 4.69) is 15.5 Å². The number of carbonyl (C=O) groups is 1. The maximum Gasteiger partial charge on any atom is 0.224 e. The lowest BCUT2D eigenvalue weighted by atomic mass is 10.1. The Morgan fingerprint density at radius 1 is 1.43 bits per heavy atom. The quantitative estimate of drug-likeness (QED) is 0.791. The number of aromatic nitrogens is 3. The van der Waals surface area contributed by atoms with Crippen molar-refractivity contribution < 1.29 is 9.53 Å². The molecule has 0 aliphatic heterocycles. The predicted octanol–water partition coefficient (Wildman–Crippen LogP) is 1.39. The number of ether oxygens (including phenoxy) is 1. The largest absolute Gasteiger partial charge is 0.497 e. The molecule has 7 heteroatoms. The molecular formula is C14H18N4O2S. The Bertz CT molecular complexity index is 660. The minimum Gasteiger partial charge on any atom is -0.497 e. The fourth-order valence-corrected chi connectivity index (χ4v) is 2.06. The lowest BCUT2D eigenvalue weighted by Crippen LogP contribution is -2.27. The van der Waals surface area contributed by atoms with Crippen molar-refractivity contribution in [2.24, 2.45) is 7.05 Å². The van der Waals surface area contributed by atoms with Crippen LogP contribution in [0.15, 0.2) is 24.3 Å². The molecule has 0 fully saturated rings. The third-order valence-corrected chi connectivity index (χ3v) is 3.53. The van der Waals surface area contributed by atoms with Crippen LogP contribution < -0.4 is 10.1 Å². The standard InChI is InChI=1S/C14H18N4O2S/c1-18-12(16-17-14(18)21)7-8-15-13(19)9-10-3-5-11(20-2)6-4-10/h3-6H,7-9H2,1-2H3,(H,15,19)(H,17,21). The summed E-state index contributed by atoms with van der Waals surface area (Å²) < 4.78 is 7.45. The van der Waals surface area contributed by atoms with Gasteiger partial charge in [0.25, 0.3) is 0 Å². The Kier molecular flexibility index (Phi) is 5.10. The average Bonchev–Trinajstić information content (AvgIpc) is 2.80. The summed E-state index contributed by atoms with van der Waals surface area (Å²) in [6.07, 6.45) is 0.987. The van der Waals surface area contributed by atoms with Crippen LogP contribution >= 0.6 is 12.2 Å². The molecule has 1 aromatic heterocycles. The van der Waals surface area contributed by atoms with Crippen molar-refractivity contribution in [1.29, 1.82) is 0 Å². The van der Waals surface area contributed by atoms with E-state index >= 15 is 0 Å². The van der Waals surface area contributed by atoms with E-state index in [1.807, 2.05) is 31.3 Å². The number of H-pyrrole nitrogens is 1. The van der Waals surface area contributed by atoms with Gasteiger partial charge in [-0.05, 0) is 29.9 Å². The molecular weight excluding hydrogens is 288 g/mol. The fraction of sp³-hybridized carbons (Fsp3) is 0.357. The van der Waals surface area contributed by atoms with E-state index in [9.17, 15) is 4.79 Å². The zero-order valence-corrected chi connectivity index (χ0v) is 12.9. The van der Waals surface area contributed by atoms with Gasteiger partial charge < -0.3 is 14.6 Å². The second-order valence-corrected chi connectivity index (χ2v) is 5.02. The molecule has 0 saturated carbocycles. The highest BCUT2D eigenvalue weighted by Crippen LogP contribution is 2.11. The van der Waals surface area contributed by atoms with Gasteiger partial charge in [-0.3, -0.25) is 9.89 Å². The first kappa shape index (κ1) is 15.2. The van der Waals surface area contributed by atoms with Crippen molar-refractivity contribution in [3.05, 3.63) is 40.4 Å². The van der Waals surface area contributed by atoms with Crippen LogP contribution in [0, 0.1) is 4.77 Å². The first-order valence-electron chi connectivity index (χ1n) is 6.60. The van der Waals surface area contributed by atoms with Crippen LogP contribution in [-0.2, 0) is 24.7 Å². The number of carbonyl (C=O) groups excluding carboxylic acids is 1. The summed E-state index contributed by atoms with van der Waals surface area (Å²) in [5.41, 5.74) is 0.950. The van der Waals surface area contributed by atoms with Crippen molar-refractivity contribution in [3.8, 4) is 5.75 Å². The Morgan fingerprint density at radius 2 is 2.14 bits per heavy atom. The molecule has 0 aliphatic rings. The van der Waals surface area contributed by atoms with Crippen molar-refractivity contribution in [2.75, 3.05) is 13.7 Å². The smallest absolute Gasteiger partial charge is 0.224 e. The van der Waals surface area contributed by atoms with Crippen molar-refractivity contribution in [1.82, 2.24) is 20.1 Å². The molecule has 6 nitrogen and oxygen atoms in total. The average molecular weight is 306 g/mol. The molecule has 0 aliphatic carbocycles. The highest BCUT2D eigenvalue weighted by Gasteiger charge is 2.05. The van der Waals surface area contributed by atoms with Crippen LogP contribution in [0.25, 0.3) is 0 Å². The molecule has 1 heterocycles. The van der Waals surface area contributed by atoms with Crippen LogP contribution in [0.5, 0.6) is 5.75 Å². The summed E-state index contributed by atoms with van der Waals surface area (Å²) in [6, 6.07) is 7.46. The minimum absolute atomic E-state index is 0.0167. The van der Waals surface area contributed by atoms with Crippen LogP contribution in [0.1, 0.15) is 11.4 Å². The van der Waals surface area contributed by atoms with Gasteiger partial charge in [0.2, 0.25) is 5.91 Å². The third-order valence-electron chi connectivity index (χ3n) is 3.17. The van der Waals surface area contributed by atoms with Gasteiger partial charge in [-0.25, -0.2) is 0 Å². The maximum absolute atomic E-state index is 11.8. The number of methoxy groups -OCH3 is 1. The monoisotopic (exact) mass is 306 g/mol. The van der Waals surface area contributed by atoms with E-state index in [1.54, 1.807) is 11.7 Å². The van der Waals surface area contributed by atoms with Crippen LogP contribution in [-0.4, -0.2) is 34.3 Å². The molecule has 2 N–H and O–H groups in total. The SMILES string of the molecule is COc1ccc(CC(=O)NCCc2n[nH]c(=S)n2C)cc1. The van der Waals surface area contributed by atoms with Gasteiger partial charge >= 0.3 is 0 Å². The first-order valence-corrected chi connectivity index (χ1v) is 7.01. The van der Waals surface area contributed by atoms with Gasteiger partial charge in [-0.15, -0.1) is 0 Å². The van der Waals surface area contributed by atoms with Crippen molar-refractivity contribution in [3.63, 3.8) is 0 Å². The molecule has 112 valence electrons. The number of rotatable bonds is 6. The minimum atomic E-state index is -0.0167. The summed E-state index contributed by atoms with van der Waals surface area (Å²) in [7, 11) is 3.46. The van der Waals surface area contributed by atoms with Crippen LogP contribution in [0.2, 0.25) is 0 Å². The predicted molar refractivity (Wildman–Crippen MR) is 81.8 cm³/mol. The lowest BCUT2D eigenvalue weighted by Gasteiger charge is -2.06. The van der Waals surface area contributed by atoms with Gasteiger partial charge in [0, 0.05) is 20.0 Å². The molecule has 0 radical (unpaired) electrons. The molecule has 0 spiro atoms. The van der Waals surface area contributed by atoms with Crippen molar-refractivity contribution in [2.45, 2.75) is 12.8 Å². The highest BCUT2D eigenvalue weighted by molar-refractivity contribution is 7.71. The summed E-state index contributed by atoms with van der Waals surface area (Å²) in [6.45, 7) is 0.530. The van der Waals surface area contributed by atoms with E-state index in [1.165, 1.54) is 0 Å². The molecule has 2 rings (SSSR count). The number of nitrogens with zero attached hydrogens (tertiary/aromatic N) is 2. The third kappa shape index (κ3) is 4.16. The summed E-state index contributed by atoms with van der Waals surface area (Å²) in [4.78, 5) is 11.8. The number of hydrogen-bond donors (Lipinski definition) is 2. The molecule has 0 saturated heterocycles. The summed E-state index contributed by atoms with van der Waals surface area (Å²) in [5.74, 6) is 1.59. The van der Waals surface area contributed by atoms with Gasteiger partial charge in [0.1, 0.15) is 11.6 Å².